The molecule has 0 aromatic heterocycles. The number of aliphatic imine (C=N–C) groups is 1. The maximum Gasteiger partial charge on any atom is 0.240 e. The summed E-state index contributed by atoms with van der Waals surface area (Å²) in [6.45, 7) is 10.4. The van der Waals surface area contributed by atoms with Crippen LogP contribution in [0.15, 0.2) is 34.2 Å². The van der Waals surface area contributed by atoms with E-state index in [1.165, 1.54) is 7.05 Å². The summed E-state index contributed by atoms with van der Waals surface area (Å²) in [5, 5.41) is 6.68. The summed E-state index contributed by atoms with van der Waals surface area (Å²) < 4.78 is 25.8. The van der Waals surface area contributed by atoms with Crippen molar-refractivity contribution in [3.05, 3.63) is 29.8 Å². The van der Waals surface area contributed by atoms with Gasteiger partial charge in [0.25, 0.3) is 0 Å². The molecule has 0 saturated heterocycles. The maximum absolute atomic E-state index is 11.8. The molecule has 1 aromatic carbocycles. The molecule has 7 nitrogen and oxygen atoms in total. The van der Waals surface area contributed by atoms with Crippen LogP contribution in [0.2, 0.25) is 0 Å². The van der Waals surface area contributed by atoms with Crippen LogP contribution in [-0.4, -0.2) is 59.0 Å². The molecule has 0 heterocycles. The van der Waals surface area contributed by atoms with Gasteiger partial charge in [-0.3, -0.25) is 4.99 Å². The van der Waals surface area contributed by atoms with Crippen molar-refractivity contribution >= 4 is 16.0 Å². The quantitative estimate of drug-likeness (QED) is 0.391. The van der Waals surface area contributed by atoms with E-state index in [-0.39, 0.29) is 4.90 Å². The van der Waals surface area contributed by atoms with E-state index in [0.29, 0.717) is 12.6 Å². The third-order valence-electron chi connectivity index (χ3n) is 4.57. The lowest BCUT2D eigenvalue weighted by molar-refractivity contribution is 0.292. The molecule has 1 aromatic rings. The summed E-state index contributed by atoms with van der Waals surface area (Å²) in [6, 6.07) is 7.15. The highest BCUT2D eigenvalue weighted by Crippen LogP contribution is 2.10. The number of nitrogens with one attached hydrogen (secondary N) is 3. The summed E-state index contributed by atoms with van der Waals surface area (Å²) in [5.74, 6) is 0.747. The Balaban J connectivity index is 2.45. The Labute approximate surface area is 164 Å². The van der Waals surface area contributed by atoms with E-state index in [4.69, 9.17) is 0 Å². The molecule has 1 rings (SSSR count). The van der Waals surface area contributed by atoms with Crippen molar-refractivity contribution in [2.24, 2.45) is 4.99 Å². The number of hydrogen-bond donors (Lipinski definition) is 3. The van der Waals surface area contributed by atoms with Crippen molar-refractivity contribution in [2.75, 3.05) is 33.7 Å². The summed E-state index contributed by atoms with van der Waals surface area (Å²) in [4.78, 5) is 6.96. The van der Waals surface area contributed by atoms with Crippen LogP contribution in [0.4, 0.5) is 0 Å². The first-order chi connectivity index (χ1) is 12.9. The molecule has 0 aliphatic rings. The molecule has 0 bridgehead atoms. The molecule has 0 aliphatic heterocycles. The number of rotatable bonds is 11. The Morgan fingerprint density at radius 2 is 1.81 bits per heavy atom. The minimum absolute atomic E-state index is 0.262. The van der Waals surface area contributed by atoms with Crippen LogP contribution in [0.3, 0.4) is 0 Å². The predicted molar refractivity (Wildman–Crippen MR) is 113 cm³/mol. The zero-order valence-corrected chi connectivity index (χ0v) is 18.1. The molecular weight excluding hydrogens is 362 g/mol. The van der Waals surface area contributed by atoms with Gasteiger partial charge in [0.05, 0.1) is 4.90 Å². The molecule has 1 atom stereocenters. The molecule has 3 N–H and O–H groups in total. The van der Waals surface area contributed by atoms with Gasteiger partial charge in [-0.15, -0.1) is 0 Å². The van der Waals surface area contributed by atoms with Crippen molar-refractivity contribution in [3.8, 4) is 0 Å². The lowest BCUT2D eigenvalue weighted by Crippen LogP contribution is -2.42. The van der Waals surface area contributed by atoms with Gasteiger partial charge in [-0.1, -0.05) is 26.0 Å². The van der Waals surface area contributed by atoms with Crippen molar-refractivity contribution in [1.82, 2.24) is 20.3 Å². The minimum Gasteiger partial charge on any atom is -0.354 e. The summed E-state index contributed by atoms with van der Waals surface area (Å²) in [6.07, 6.45) is 2.22. The standard InChI is InChI=1S/C19H35N5O2S/c1-6-24(7-2)14-8-9-16(3)23-19(20-4)22-15-17-10-12-18(13-11-17)27(25,26)21-5/h10-13,16,21H,6-9,14-15H2,1-5H3,(H2,20,22,23). The normalized spacial score (nSPS) is 13.6. The van der Waals surface area contributed by atoms with Crippen LogP contribution in [0.25, 0.3) is 0 Å². The van der Waals surface area contributed by atoms with Crippen LogP contribution >= 0.6 is 0 Å². The van der Waals surface area contributed by atoms with Crippen molar-refractivity contribution < 1.29 is 8.42 Å². The van der Waals surface area contributed by atoms with Crippen LogP contribution in [0.5, 0.6) is 0 Å². The van der Waals surface area contributed by atoms with E-state index >= 15 is 0 Å². The largest absolute Gasteiger partial charge is 0.354 e. The van der Waals surface area contributed by atoms with Crippen molar-refractivity contribution in [1.29, 1.82) is 0 Å². The first-order valence-electron chi connectivity index (χ1n) is 9.58. The Morgan fingerprint density at radius 3 is 2.33 bits per heavy atom. The van der Waals surface area contributed by atoms with Gasteiger partial charge in [0.2, 0.25) is 10.0 Å². The van der Waals surface area contributed by atoms with Crippen LogP contribution in [-0.2, 0) is 16.6 Å². The monoisotopic (exact) mass is 397 g/mol. The average Bonchev–Trinajstić information content (AvgIpc) is 2.68. The highest BCUT2D eigenvalue weighted by atomic mass is 32.2. The molecule has 154 valence electrons. The van der Waals surface area contributed by atoms with Crippen molar-refractivity contribution in [2.45, 2.75) is 51.1 Å². The zero-order valence-electron chi connectivity index (χ0n) is 17.2. The molecule has 8 heteroatoms. The van der Waals surface area contributed by atoms with E-state index in [0.717, 1.165) is 44.0 Å². The molecule has 0 fully saturated rings. The van der Waals surface area contributed by atoms with Crippen LogP contribution in [0, 0.1) is 0 Å². The lowest BCUT2D eigenvalue weighted by atomic mass is 10.2. The zero-order chi connectivity index (χ0) is 20.3. The summed E-state index contributed by atoms with van der Waals surface area (Å²) in [7, 11) is -0.239. The Hall–Kier alpha value is -1.64. The second-order valence-corrected chi connectivity index (χ2v) is 8.38. The van der Waals surface area contributed by atoms with E-state index in [2.05, 4.69) is 46.0 Å². The average molecular weight is 398 g/mol. The van der Waals surface area contributed by atoms with Crippen LogP contribution < -0.4 is 15.4 Å². The number of nitrogens with zero attached hydrogens (tertiary/aromatic N) is 2. The second kappa shape index (κ2) is 11.9. The third kappa shape index (κ3) is 8.28. The smallest absolute Gasteiger partial charge is 0.240 e. The summed E-state index contributed by atoms with van der Waals surface area (Å²) >= 11 is 0. The fourth-order valence-corrected chi connectivity index (χ4v) is 3.48. The molecule has 0 aliphatic carbocycles. The highest BCUT2D eigenvalue weighted by Gasteiger charge is 2.11. The van der Waals surface area contributed by atoms with E-state index in [1.54, 1.807) is 31.3 Å². The SMILES string of the molecule is CCN(CC)CCCC(C)NC(=NC)NCc1ccc(S(=O)(=O)NC)cc1. The number of sulfonamides is 1. The van der Waals surface area contributed by atoms with E-state index in [9.17, 15) is 8.42 Å². The first-order valence-corrected chi connectivity index (χ1v) is 11.1. The third-order valence-corrected chi connectivity index (χ3v) is 6.01. The van der Waals surface area contributed by atoms with Gasteiger partial charge in [-0.05, 0) is 64.1 Å². The van der Waals surface area contributed by atoms with Gasteiger partial charge in [0, 0.05) is 19.6 Å². The van der Waals surface area contributed by atoms with Gasteiger partial charge >= 0.3 is 0 Å². The lowest BCUT2D eigenvalue weighted by Gasteiger charge is -2.21. The topological polar surface area (TPSA) is 85.8 Å². The molecule has 0 amide bonds. The van der Waals surface area contributed by atoms with E-state index < -0.39 is 10.0 Å². The molecule has 0 saturated carbocycles. The molecule has 27 heavy (non-hydrogen) atoms. The number of benzene rings is 1. The Morgan fingerprint density at radius 1 is 1.19 bits per heavy atom. The first kappa shape index (κ1) is 23.4. The fraction of sp³-hybridized carbons (Fsp3) is 0.632. The van der Waals surface area contributed by atoms with Crippen molar-refractivity contribution in [3.63, 3.8) is 0 Å². The fourth-order valence-electron chi connectivity index (χ4n) is 2.75. The molecule has 1 unspecified atom stereocenters. The Bertz CT molecular complexity index is 670. The van der Waals surface area contributed by atoms with Gasteiger partial charge < -0.3 is 15.5 Å². The van der Waals surface area contributed by atoms with Crippen LogP contribution in [0.1, 0.15) is 39.2 Å². The molecule has 0 spiro atoms. The maximum atomic E-state index is 11.8. The summed E-state index contributed by atoms with van der Waals surface area (Å²) in [5.41, 5.74) is 0.988. The molecule has 0 radical (unpaired) electrons. The van der Waals surface area contributed by atoms with Gasteiger partial charge in [0.1, 0.15) is 0 Å². The molecular formula is C19H35N5O2S. The van der Waals surface area contributed by atoms with E-state index in [1.807, 2.05) is 0 Å². The van der Waals surface area contributed by atoms with Gasteiger partial charge in [-0.2, -0.15) is 0 Å². The number of hydrogen-bond acceptors (Lipinski definition) is 4. The Kier molecular flexibility index (Phi) is 10.4. The number of guanidine groups is 1. The van der Waals surface area contributed by atoms with Gasteiger partial charge in [0.15, 0.2) is 5.96 Å². The van der Waals surface area contributed by atoms with Gasteiger partial charge in [-0.25, -0.2) is 13.1 Å². The minimum atomic E-state index is -3.40. The second-order valence-electron chi connectivity index (χ2n) is 6.49. The highest BCUT2D eigenvalue weighted by molar-refractivity contribution is 7.89. The predicted octanol–water partition coefficient (Wildman–Crippen LogP) is 1.77.